The molecule has 4 N–H and O–H groups in total. The Morgan fingerprint density at radius 2 is 1.41 bits per heavy atom. The highest BCUT2D eigenvalue weighted by Gasteiger charge is 2.45. The summed E-state index contributed by atoms with van der Waals surface area (Å²) in [6, 6.07) is 31.1. The van der Waals surface area contributed by atoms with Crippen molar-refractivity contribution in [3.05, 3.63) is 144 Å². The molecule has 6 rings (SSSR count). The van der Waals surface area contributed by atoms with Crippen LogP contribution in [-0.4, -0.2) is 68.5 Å². The summed E-state index contributed by atoms with van der Waals surface area (Å²) in [5.74, 6) is -3.91. The van der Waals surface area contributed by atoms with Gasteiger partial charge in [0.2, 0.25) is 11.8 Å². The molecule has 0 aliphatic carbocycles. The largest absolute Gasteiger partial charge is 0.475 e. The summed E-state index contributed by atoms with van der Waals surface area (Å²) in [6.45, 7) is -0.0156. The molecule has 0 saturated carbocycles. The van der Waals surface area contributed by atoms with Gasteiger partial charge in [-0.25, -0.2) is 9.59 Å². The Hall–Kier alpha value is -5.88. The Balaban J connectivity index is 1.31. The van der Waals surface area contributed by atoms with Gasteiger partial charge in [0.1, 0.15) is 30.1 Å². The molecule has 1 aliphatic rings. The Labute approximate surface area is 298 Å². The lowest BCUT2D eigenvalue weighted by Crippen LogP contribution is -2.57. The molecule has 3 amide bonds. The fraction of sp³-hybridized carbons (Fsp3) is 0.205. The Kier molecular flexibility index (Phi) is 11.1. The maximum absolute atomic E-state index is 14.8. The topological polar surface area (TPSA) is 158 Å². The first kappa shape index (κ1) is 35.0. The lowest BCUT2D eigenvalue weighted by atomic mass is 10.0. The molecule has 0 spiro atoms. The van der Waals surface area contributed by atoms with Gasteiger partial charge in [-0.1, -0.05) is 109 Å². The highest BCUT2D eigenvalue weighted by atomic mass is 32.2. The van der Waals surface area contributed by atoms with Gasteiger partial charge in [-0.05, 0) is 28.3 Å². The van der Waals surface area contributed by atoms with Crippen LogP contribution in [0.5, 0.6) is 0 Å². The summed E-state index contributed by atoms with van der Waals surface area (Å²) < 4.78 is 5.52. The minimum atomic E-state index is -1.68. The fourth-order valence-corrected chi connectivity index (χ4v) is 7.57. The van der Waals surface area contributed by atoms with Gasteiger partial charge in [-0.2, -0.15) is 0 Å². The standard InChI is InChI=1S/C39H36N4O7S/c44-34(38(47)48)31(20-25-12-4-1-5-13-25)41-35(45)33-24-51-37(27-16-8-3-9-17-27)43(33)36(46)32(21-28-22-40-30-19-11-10-18-29(28)30)42-39(49)50-23-26-14-6-2-7-15-26/h1-19,22,31-33,37,40H,20-21,23-24H2,(H,41,45)(H,42,49)(H,47,48)/t31-,32-,33-,37?/m0/s1. The molecule has 1 saturated heterocycles. The smallest absolute Gasteiger partial charge is 0.408 e. The number of H-pyrrole nitrogens is 1. The lowest BCUT2D eigenvalue weighted by Gasteiger charge is -2.33. The van der Waals surface area contributed by atoms with Gasteiger partial charge >= 0.3 is 12.1 Å². The maximum atomic E-state index is 14.8. The molecule has 260 valence electrons. The van der Waals surface area contributed by atoms with Gasteiger partial charge in [0.05, 0.1) is 0 Å². The van der Waals surface area contributed by atoms with Crippen molar-refractivity contribution in [3.8, 4) is 0 Å². The predicted octanol–water partition coefficient (Wildman–Crippen LogP) is 5.03. The van der Waals surface area contributed by atoms with Crippen LogP contribution in [0.25, 0.3) is 10.9 Å². The molecular weight excluding hydrogens is 669 g/mol. The van der Waals surface area contributed by atoms with Crippen LogP contribution in [0.2, 0.25) is 0 Å². The molecular formula is C39H36N4O7S. The normalized spacial score (nSPS) is 16.6. The number of carboxylic acid groups (broad SMARTS) is 1. The molecule has 1 fully saturated rings. The van der Waals surface area contributed by atoms with Gasteiger partial charge < -0.3 is 30.4 Å². The second kappa shape index (κ2) is 16.2. The van der Waals surface area contributed by atoms with Crippen molar-refractivity contribution in [1.82, 2.24) is 20.5 Å². The number of aromatic amines is 1. The molecule has 12 heteroatoms. The molecule has 1 aliphatic heterocycles. The quantitative estimate of drug-likeness (QED) is 0.124. The minimum Gasteiger partial charge on any atom is -0.475 e. The van der Waals surface area contributed by atoms with Crippen LogP contribution in [0.4, 0.5) is 4.79 Å². The number of amides is 3. The average Bonchev–Trinajstić information content (AvgIpc) is 3.79. The number of ether oxygens (including phenoxy) is 1. The number of carbonyl (C=O) groups excluding carboxylic acids is 4. The number of thioether (sulfide) groups is 1. The van der Waals surface area contributed by atoms with E-state index in [1.54, 1.807) is 36.5 Å². The summed E-state index contributed by atoms with van der Waals surface area (Å²) in [4.78, 5) is 71.4. The van der Waals surface area contributed by atoms with Gasteiger partial charge in [-0.3, -0.25) is 14.4 Å². The zero-order valence-electron chi connectivity index (χ0n) is 27.4. The van der Waals surface area contributed by atoms with E-state index in [1.807, 2.05) is 84.9 Å². The summed E-state index contributed by atoms with van der Waals surface area (Å²) in [6.07, 6.45) is 1.00. The third-order valence-electron chi connectivity index (χ3n) is 8.67. The van der Waals surface area contributed by atoms with Crippen LogP contribution in [0.3, 0.4) is 0 Å². The van der Waals surface area contributed by atoms with Crippen LogP contribution in [0, 0.1) is 0 Å². The summed E-state index contributed by atoms with van der Waals surface area (Å²) in [5.41, 5.74) is 3.81. The summed E-state index contributed by atoms with van der Waals surface area (Å²) >= 11 is 1.36. The van der Waals surface area contributed by atoms with Crippen LogP contribution in [0.1, 0.15) is 27.6 Å². The van der Waals surface area contributed by atoms with Crippen molar-refractivity contribution >= 4 is 52.3 Å². The number of fused-ring (bicyclic) bond motifs is 1. The number of aromatic nitrogens is 1. The van der Waals surface area contributed by atoms with E-state index in [9.17, 15) is 29.1 Å². The molecule has 4 aromatic carbocycles. The molecule has 0 radical (unpaired) electrons. The van der Waals surface area contributed by atoms with Gasteiger partial charge in [0.15, 0.2) is 0 Å². The SMILES string of the molecule is O=C(N[C@@H](Cc1c[nH]c2ccccc12)C(=O)N1C(c2ccccc2)SC[C@H]1C(=O)N[C@@H](Cc1ccccc1)C(=O)C(=O)O)OCc1ccccc1. The molecule has 4 atom stereocenters. The Morgan fingerprint density at radius 1 is 0.784 bits per heavy atom. The number of benzene rings is 4. The number of nitrogens with zero attached hydrogens (tertiary/aromatic N) is 1. The second-order valence-corrected chi connectivity index (χ2v) is 13.2. The van der Waals surface area contributed by atoms with Gasteiger partial charge in [-0.15, -0.1) is 11.8 Å². The monoisotopic (exact) mass is 704 g/mol. The second-order valence-electron chi connectivity index (χ2n) is 12.1. The molecule has 0 bridgehead atoms. The number of para-hydroxylation sites is 1. The number of hydrogen-bond acceptors (Lipinski definition) is 7. The molecule has 1 unspecified atom stereocenters. The maximum Gasteiger partial charge on any atom is 0.408 e. The molecule has 5 aromatic rings. The average molecular weight is 705 g/mol. The number of aliphatic carboxylic acids is 1. The summed E-state index contributed by atoms with van der Waals surface area (Å²) in [7, 11) is 0. The highest BCUT2D eigenvalue weighted by Crippen LogP contribution is 2.42. The first-order valence-corrected chi connectivity index (χ1v) is 17.5. The number of ketones is 1. The number of Topliss-reactive ketones (excluding diaryl/α,β-unsaturated/α-hetero) is 1. The van der Waals surface area contributed by atoms with Crippen molar-refractivity contribution in [2.75, 3.05) is 5.75 Å². The fourth-order valence-electron chi connectivity index (χ4n) is 6.14. The first-order valence-electron chi connectivity index (χ1n) is 16.4. The number of rotatable bonds is 13. The van der Waals surface area contributed by atoms with Crippen LogP contribution < -0.4 is 10.6 Å². The Bertz CT molecular complexity index is 2010. The summed E-state index contributed by atoms with van der Waals surface area (Å²) in [5, 5.41) is 15.2. The van der Waals surface area contributed by atoms with E-state index in [2.05, 4.69) is 15.6 Å². The van der Waals surface area contributed by atoms with Crippen molar-refractivity contribution in [2.45, 2.75) is 42.9 Å². The number of hydrogen-bond donors (Lipinski definition) is 4. The van der Waals surface area contributed by atoms with Gasteiger partial charge in [0.25, 0.3) is 5.78 Å². The zero-order chi connectivity index (χ0) is 35.7. The minimum absolute atomic E-state index is 0.0156. The van der Waals surface area contributed by atoms with E-state index in [1.165, 1.54) is 16.7 Å². The van der Waals surface area contributed by atoms with Crippen molar-refractivity contribution in [2.24, 2.45) is 0 Å². The van der Waals surface area contributed by atoms with Gasteiger partial charge in [0, 0.05) is 35.7 Å². The van der Waals surface area contributed by atoms with E-state index in [0.717, 1.165) is 27.6 Å². The third-order valence-corrected chi connectivity index (χ3v) is 9.99. The number of carbonyl (C=O) groups is 5. The van der Waals surface area contributed by atoms with E-state index in [-0.39, 0.29) is 25.2 Å². The number of alkyl carbamates (subject to hydrolysis) is 1. The van der Waals surface area contributed by atoms with E-state index < -0.39 is 53.2 Å². The van der Waals surface area contributed by atoms with Crippen LogP contribution >= 0.6 is 11.8 Å². The van der Waals surface area contributed by atoms with Crippen LogP contribution in [0.15, 0.2) is 121 Å². The van der Waals surface area contributed by atoms with E-state index in [0.29, 0.717) is 5.56 Å². The van der Waals surface area contributed by atoms with Crippen molar-refractivity contribution in [1.29, 1.82) is 0 Å². The van der Waals surface area contributed by atoms with E-state index in [4.69, 9.17) is 4.74 Å². The Morgan fingerprint density at radius 3 is 2.10 bits per heavy atom. The van der Waals surface area contributed by atoms with Crippen molar-refractivity contribution < 1.29 is 33.8 Å². The number of nitrogens with one attached hydrogen (secondary N) is 3. The van der Waals surface area contributed by atoms with Crippen molar-refractivity contribution in [3.63, 3.8) is 0 Å². The molecule has 11 nitrogen and oxygen atoms in total. The molecule has 1 aromatic heterocycles. The zero-order valence-corrected chi connectivity index (χ0v) is 28.3. The lowest BCUT2D eigenvalue weighted by molar-refractivity contribution is -0.151. The molecule has 51 heavy (non-hydrogen) atoms. The highest BCUT2D eigenvalue weighted by molar-refractivity contribution is 7.99. The number of carboxylic acids is 1. The molecule has 2 heterocycles. The third kappa shape index (κ3) is 8.47. The van der Waals surface area contributed by atoms with E-state index >= 15 is 0 Å². The van der Waals surface area contributed by atoms with Crippen LogP contribution in [-0.2, 0) is 43.4 Å². The predicted molar refractivity (Wildman–Crippen MR) is 193 cm³/mol. The first-order chi connectivity index (χ1) is 24.8.